The summed E-state index contributed by atoms with van der Waals surface area (Å²) in [6.45, 7) is -0.551. The number of benzene rings is 1. The van der Waals surface area contributed by atoms with Gasteiger partial charge in [-0.2, -0.15) is 4.98 Å². The van der Waals surface area contributed by atoms with Crippen LogP contribution in [0.4, 0.5) is 0 Å². The fourth-order valence-corrected chi connectivity index (χ4v) is 4.02. The van der Waals surface area contributed by atoms with E-state index in [-0.39, 0.29) is 20.7 Å². The lowest BCUT2D eigenvalue weighted by atomic mass is 10.2. The zero-order valence-corrected chi connectivity index (χ0v) is 16.9. The van der Waals surface area contributed by atoms with E-state index in [1.54, 1.807) is 48.7 Å². The molecule has 1 saturated heterocycles. The third-order valence-corrected chi connectivity index (χ3v) is 5.51. The topological polar surface area (TPSA) is 101 Å². The monoisotopic (exact) mass is 439 g/mol. The van der Waals surface area contributed by atoms with Crippen molar-refractivity contribution in [1.29, 1.82) is 0 Å². The summed E-state index contributed by atoms with van der Waals surface area (Å²) < 4.78 is 7.27. The van der Waals surface area contributed by atoms with Crippen LogP contribution in [0.25, 0.3) is 11.7 Å². The number of carboxylic acids is 1. The van der Waals surface area contributed by atoms with Crippen molar-refractivity contribution in [3.05, 3.63) is 75.6 Å². The van der Waals surface area contributed by atoms with Crippen LogP contribution < -0.4 is 10.3 Å². The van der Waals surface area contributed by atoms with Gasteiger partial charge in [-0.3, -0.25) is 23.7 Å². The van der Waals surface area contributed by atoms with Crippen LogP contribution in [0, 0.1) is 0 Å². The molecule has 8 nitrogen and oxygen atoms in total. The van der Waals surface area contributed by atoms with Gasteiger partial charge in [0.1, 0.15) is 27.8 Å². The highest BCUT2D eigenvalue weighted by atomic mass is 32.2. The number of aromatic nitrogens is 2. The molecule has 0 bridgehead atoms. The van der Waals surface area contributed by atoms with Crippen molar-refractivity contribution in [2.45, 2.75) is 0 Å². The molecule has 0 unspecified atom stereocenters. The second-order valence-electron chi connectivity index (χ2n) is 6.14. The lowest BCUT2D eigenvalue weighted by Gasteiger charge is -2.11. The molecule has 1 aliphatic heterocycles. The first kappa shape index (κ1) is 19.8. The molecule has 150 valence electrons. The van der Waals surface area contributed by atoms with Crippen molar-refractivity contribution < 1.29 is 19.4 Å². The number of hydrogen-bond acceptors (Lipinski definition) is 7. The molecule has 4 rings (SSSR count). The summed E-state index contributed by atoms with van der Waals surface area (Å²) in [5.41, 5.74) is -0.00239. The number of carbonyl (C=O) groups excluding carboxylic acids is 1. The van der Waals surface area contributed by atoms with Crippen LogP contribution in [-0.2, 0) is 9.59 Å². The van der Waals surface area contributed by atoms with Crippen molar-refractivity contribution in [1.82, 2.24) is 14.3 Å². The molecule has 1 N–H and O–H groups in total. The second kappa shape index (κ2) is 8.09. The van der Waals surface area contributed by atoms with E-state index < -0.39 is 24.0 Å². The van der Waals surface area contributed by atoms with Crippen molar-refractivity contribution in [3.63, 3.8) is 0 Å². The Kier molecular flexibility index (Phi) is 5.34. The van der Waals surface area contributed by atoms with Gasteiger partial charge in [0.2, 0.25) is 5.88 Å². The van der Waals surface area contributed by atoms with Gasteiger partial charge in [-0.1, -0.05) is 48.2 Å². The fourth-order valence-electron chi connectivity index (χ4n) is 2.79. The number of ether oxygens (including phenoxy) is 1. The number of nitrogens with zero attached hydrogens (tertiary/aromatic N) is 3. The van der Waals surface area contributed by atoms with Gasteiger partial charge in [-0.05, 0) is 30.3 Å². The average molecular weight is 439 g/mol. The van der Waals surface area contributed by atoms with Gasteiger partial charge in [0, 0.05) is 6.20 Å². The number of carboxylic acid groups (broad SMARTS) is 1. The third-order valence-electron chi connectivity index (χ3n) is 4.13. The average Bonchev–Trinajstić information content (AvgIpc) is 2.98. The molecule has 0 radical (unpaired) electrons. The molecule has 1 aromatic carbocycles. The number of rotatable bonds is 5. The SMILES string of the molecule is O=C(O)CN1C(=O)/C(=C/c2c(Oc3ccccc3)nc3ccccn3c2=O)SC1=S. The number of fused-ring (bicyclic) bond motifs is 1. The van der Waals surface area contributed by atoms with Crippen LogP contribution in [-0.4, -0.2) is 42.1 Å². The minimum absolute atomic E-state index is 0.0286. The Morgan fingerprint density at radius 1 is 1.17 bits per heavy atom. The molecular formula is C20H13N3O5S2. The van der Waals surface area contributed by atoms with E-state index in [4.69, 9.17) is 22.1 Å². The predicted molar refractivity (Wildman–Crippen MR) is 115 cm³/mol. The number of amides is 1. The summed E-state index contributed by atoms with van der Waals surface area (Å²) in [4.78, 5) is 42.2. The first-order chi connectivity index (χ1) is 14.4. The van der Waals surface area contributed by atoms with Gasteiger partial charge < -0.3 is 9.84 Å². The maximum atomic E-state index is 13.1. The molecule has 3 aromatic rings. The van der Waals surface area contributed by atoms with E-state index in [1.807, 2.05) is 6.07 Å². The Morgan fingerprint density at radius 2 is 1.90 bits per heavy atom. The van der Waals surface area contributed by atoms with Crippen molar-refractivity contribution >= 4 is 51.9 Å². The summed E-state index contributed by atoms with van der Waals surface area (Å²) in [5.74, 6) is -1.28. The smallest absolute Gasteiger partial charge is 0.323 e. The standard InChI is InChI=1S/C20H13N3O5S2/c24-16(25)11-23-19(27)14(30-20(23)29)10-13-17(28-12-6-2-1-3-7-12)21-15-8-4-5-9-22(15)18(13)26/h1-10H,11H2,(H,24,25)/b14-10-. The van der Waals surface area contributed by atoms with E-state index in [0.29, 0.717) is 11.4 Å². The summed E-state index contributed by atoms with van der Waals surface area (Å²) in [6.07, 6.45) is 2.90. The molecule has 10 heteroatoms. The highest BCUT2D eigenvalue weighted by molar-refractivity contribution is 8.26. The number of para-hydroxylation sites is 1. The molecule has 0 atom stereocenters. The molecule has 0 aliphatic carbocycles. The molecule has 0 saturated carbocycles. The van der Waals surface area contributed by atoms with E-state index in [0.717, 1.165) is 16.7 Å². The van der Waals surface area contributed by atoms with E-state index in [1.165, 1.54) is 10.5 Å². The van der Waals surface area contributed by atoms with Crippen LogP contribution in [0.2, 0.25) is 0 Å². The molecule has 1 amide bonds. The number of thiocarbonyl (C=S) groups is 1. The second-order valence-corrected chi connectivity index (χ2v) is 7.82. The third kappa shape index (κ3) is 3.82. The molecule has 30 heavy (non-hydrogen) atoms. The normalized spacial score (nSPS) is 15.2. The maximum Gasteiger partial charge on any atom is 0.323 e. The van der Waals surface area contributed by atoms with Crippen LogP contribution in [0.15, 0.2) is 64.4 Å². The van der Waals surface area contributed by atoms with Crippen LogP contribution in [0.5, 0.6) is 11.6 Å². The Balaban J connectivity index is 1.84. The number of thioether (sulfide) groups is 1. The first-order valence-corrected chi connectivity index (χ1v) is 9.88. The van der Waals surface area contributed by atoms with Crippen molar-refractivity contribution in [3.8, 4) is 11.6 Å². The molecule has 2 aromatic heterocycles. The lowest BCUT2D eigenvalue weighted by molar-refractivity contribution is -0.140. The van der Waals surface area contributed by atoms with Crippen LogP contribution in [0.1, 0.15) is 5.56 Å². The van der Waals surface area contributed by atoms with E-state index in [2.05, 4.69) is 4.98 Å². The van der Waals surface area contributed by atoms with Gasteiger partial charge in [0.05, 0.1) is 4.91 Å². The predicted octanol–water partition coefficient (Wildman–Crippen LogP) is 2.77. The Bertz CT molecular complexity index is 1270. The van der Waals surface area contributed by atoms with Gasteiger partial charge in [-0.15, -0.1) is 0 Å². The zero-order valence-electron chi connectivity index (χ0n) is 15.2. The maximum absolute atomic E-state index is 13.1. The van der Waals surface area contributed by atoms with Gasteiger partial charge in [0.25, 0.3) is 11.5 Å². The van der Waals surface area contributed by atoms with Crippen LogP contribution >= 0.6 is 24.0 Å². The number of hydrogen-bond donors (Lipinski definition) is 1. The number of pyridine rings is 1. The highest BCUT2D eigenvalue weighted by Gasteiger charge is 2.34. The van der Waals surface area contributed by atoms with Crippen LogP contribution in [0.3, 0.4) is 0 Å². The highest BCUT2D eigenvalue weighted by Crippen LogP contribution is 2.33. The minimum Gasteiger partial charge on any atom is -0.480 e. The van der Waals surface area contributed by atoms with Crippen molar-refractivity contribution in [2.24, 2.45) is 0 Å². The Hall–Kier alpha value is -3.50. The van der Waals surface area contributed by atoms with Gasteiger partial charge in [-0.25, -0.2) is 0 Å². The lowest BCUT2D eigenvalue weighted by Crippen LogP contribution is -2.33. The number of carbonyl (C=O) groups is 2. The molecule has 3 heterocycles. The summed E-state index contributed by atoms with van der Waals surface area (Å²) >= 11 is 6.03. The Morgan fingerprint density at radius 3 is 2.63 bits per heavy atom. The van der Waals surface area contributed by atoms with E-state index >= 15 is 0 Å². The molecular weight excluding hydrogens is 426 g/mol. The summed E-state index contributed by atoms with van der Waals surface area (Å²) in [6, 6.07) is 13.9. The minimum atomic E-state index is -1.19. The summed E-state index contributed by atoms with van der Waals surface area (Å²) in [7, 11) is 0. The molecule has 1 aliphatic rings. The van der Waals surface area contributed by atoms with Crippen molar-refractivity contribution in [2.75, 3.05) is 6.54 Å². The van der Waals surface area contributed by atoms with E-state index in [9.17, 15) is 14.4 Å². The fraction of sp³-hybridized carbons (Fsp3) is 0.0500. The molecule has 1 fully saturated rings. The zero-order chi connectivity index (χ0) is 21.3. The largest absolute Gasteiger partial charge is 0.480 e. The van der Waals surface area contributed by atoms with Gasteiger partial charge >= 0.3 is 5.97 Å². The van der Waals surface area contributed by atoms with Gasteiger partial charge in [0.15, 0.2) is 0 Å². The first-order valence-electron chi connectivity index (χ1n) is 8.65. The molecule has 0 spiro atoms. The Labute approximate surface area is 179 Å². The quantitative estimate of drug-likeness (QED) is 0.478. The number of aliphatic carboxylic acids is 1. The summed E-state index contributed by atoms with van der Waals surface area (Å²) in [5, 5.41) is 8.99.